The van der Waals surface area contributed by atoms with Gasteiger partial charge in [-0.2, -0.15) is 0 Å². The summed E-state index contributed by atoms with van der Waals surface area (Å²) in [6.07, 6.45) is 5.94. The summed E-state index contributed by atoms with van der Waals surface area (Å²) in [5.74, 6) is 0. The summed E-state index contributed by atoms with van der Waals surface area (Å²) in [4.78, 5) is 2.51. The molecule has 78 valence electrons. The number of hydrogen-bond acceptors (Lipinski definition) is 3. The van der Waals surface area contributed by atoms with Gasteiger partial charge in [0, 0.05) is 19.2 Å². The van der Waals surface area contributed by atoms with Gasteiger partial charge in [0.05, 0.1) is 0 Å². The molecule has 3 N–H and O–H groups in total. The van der Waals surface area contributed by atoms with Crippen molar-refractivity contribution in [1.82, 2.24) is 4.90 Å². The molecule has 1 saturated heterocycles. The smallest absolute Gasteiger partial charge is 0.0443 e. The highest BCUT2D eigenvalue weighted by Crippen LogP contribution is 2.20. The molecular formula is C10H22N2O. The Labute approximate surface area is 80.9 Å². The van der Waals surface area contributed by atoms with Crippen LogP contribution in [0.4, 0.5) is 0 Å². The van der Waals surface area contributed by atoms with Crippen molar-refractivity contribution < 1.29 is 5.11 Å². The van der Waals surface area contributed by atoms with Crippen molar-refractivity contribution in [3.05, 3.63) is 0 Å². The number of aliphatic hydroxyl groups excluding tert-OH is 1. The lowest BCUT2D eigenvalue weighted by Crippen LogP contribution is -2.31. The Bertz CT molecular complexity index is 116. The predicted molar refractivity (Wildman–Crippen MR) is 54.6 cm³/mol. The van der Waals surface area contributed by atoms with Gasteiger partial charge in [-0.15, -0.1) is 0 Å². The minimum absolute atomic E-state index is 0.320. The van der Waals surface area contributed by atoms with E-state index in [9.17, 15) is 0 Å². The molecule has 13 heavy (non-hydrogen) atoms. The zero-order chi connectivity index (χ0) is 9.52. The van der Waals surface area contributed by atoms with Gasteiger partial charge in [-0.05, 0) is 45.2 Å². The van der Waals surface area contributed by atoms with Gasteiger partial charge in [0.15, 0.2) is 0 Å². The van der Waals surface area contributed by atoms with Crippen molar-refractivity contribution in [3.63, 3.8) is 0 Å². The molecule has 0 bridgehead atoms. The standard InChI is InChI=1S/C10H22N2O/c11-6-1-4-10-5-2-7-12(10)8-3-9-13/h10,13H,1-9,11H2. The lowest BCUT2D eigenvalue weighted by Gasteiger charge is -2.23. The van der Waals surface area contributed by atoms with Gasteiger partial charge in [0.2, 0.25) is 0 Å². The highest BCUT2D eigenvalue weighted by atomic mass is 16.3. The second-order valence-corrected chi connectivity index (χ2v) is 3.84. The maximum Gasteiger partial charge on any atom is 0.0443 e. The number of nitrogens with zero attached hydrogens (tertiary/aromatic N) is 1. The third-order valence-electron chi connectivity index (χ3n) is 2.84. The van der Waals surface area contributed by atoms with E-state index in [1.807, 2.05) is 0 Å². The molecule has 3 nitrogen and oxygen atoms in total. The molecule has 0 saturated carbocycles. The Hall–Kier alpha value is -0.120. The summed E-state index contributed by atoms with van der Waals surface area (Å²) in [6, 6.07) is 0.745. The first kappa shape index (κ1) is 11.0. The van der Waals surface area contributed by atoms with E-state index in [1.165, 1.54) is 25.8 Å². The molecule has 3 heteroatoms. The Kier molecular flexibility index (Phi) is 5.35. The van der Waals surface area contributed by atoms with Gasteiger partial charge in [0.1, 0.15) is 0 Å². The van der Waals surface area contributed by atoms with Crippen LogP contribution in [-0.2, 0) is 0 Å². The van der Waals surface area contributed by atoms with E-state index in [-0.39, 0.29) is 0 Å². The van der Waals surface area contributed by atoms with E-state index in [2.05, 4.69) is 4.90 Å². The molecule has 0 amide bonds. The molecule has 1 fully saturated rings. The van der Waals surface area contributed by atoms with E-state index >= 15 is 0 Å². The highest BCUT2D eigenvalue weighted by Gasteiger charge is 2.22. The van der Waals surface area contributed by atoms with Crippen LogP contribution in [0.25, 0.3) is 0 Å². The fourth-order valence-corrected chi connectivity index (χ4v) is 2.14. The van der Waals surface area contributed by atoms with Crippen LogP contribution >= 0.6 is 0 Å². The van der Waals surface area contributed by atoms with Crippen LogP contribution in [0.1, 0.15) is 32.1 Å². The van der Waals surface area contributed by atoms with Gasteiger partial charge >= 0.3 is 0 Å². The fraction of sp³-hybridized carbons (Fsp3) is 1.00. The molecule has 1 atom stereocenters. The number of nitrogens with two attached hydrogens (primary N) is 1. The number of likely N-dealkylation sites (tertiary alicyclic amines) is 1. The van der Waals surface area contributed by atoms with E-state index < -0.39 is 0 Å². The lowest BCUT2D eigenvalue weighted by atomic mass is 10.1. The summed E-state index contributed by atoms with van der Waals surface area (Å²) < 4.78 is 0. The van der Waals surface area contributed by atoms with E-state index in [0.29, 0.717) is 6.61 Å². The minimum Gasteiger partial charge on any atom is -0.396 e. The molecular weight excluding hydrogens is 164 g/mol. The van der Waals surface area contributed by atoms with E-state index in [1.54, 1.807) is 0 Å². The zero-order valence-corrected chi connectivity index (χ0v) is 8.41. The van der Waals surface area contributed by atoms with Crippen molar-refractivity contribution in [3.8, 4) is 0 Å². The Morgan fingerprint density at radius 3 is 2.92 bits per heavy atom. The minimum atomic E-state index is 0.320. The van der Waals surface area contributed by atoms with E-state index in [0.717, 1.165) is 32.0 Å². The summed E-state index contributed by atoms with van der Waals surface area (Å²) in [6.45, 7) is 3.41. The van der Waals surface area contributed by atoms with Gasteiger partial charge in [0.25, 0.3) is 0 Å². The van der Waals surface area contributed by atoms with Crippen LogP contribution in [0.2, 0.25) is 0 Å². The third-order valence-corrected chi connectivity index (χ3v) is 2.84. The van der Waals surface area contributed by atoms with Gasteiger partial charge < -0.3 is 15.7 Å². The molecule has 0 aromatic heterocycles. The van der Waals surface area contributed by atoms with Crippen molar-refractivity contribution in [1.29, 1.82) is 0 Å². The van der Waals surface area contributed by atoms with Crippen LogP contribution in [0.3, 0.4) is 0 Å². The van der Waals surface area contributed by atoms with E-state index in [4.69, 9.17) is 10.8 Å². The van der Waals surface area contributed by atoms with Crippen molar-refractivity contribution in [2.75, 3.05) is 26.2 Å². The monoisotopic (exact) mass is 186 g/mol. The Balaban J connectivity index is 2.18. The van der Waals surface area contributed by atoms with Crippen LogP contribution in [-0.4, -0.2) is 42.3 Å². The maximum atomic E-state index is 8.74. The molecule has 1 unspecified atom stereocenters. The molecule has 1 heterocycles. The topological polar surface area (TPSA) is 49.5 Å². The second kappa shape index (κ2) is 6.35. The summed E-state index contributed by atoms with van der Waals surface area (Å²) in [5.41, 5.74) is 5.49. The molecule has 0 aromatic carbocycles. The fourth-order valence-electron chi connectivity index (χ4n) is 2.14. The first-order chi connectivity index (χ1) is 6.38. The van der Waals surface area contributed by atoms with Crippen LogP contribution < -0.4 is 5.73 Å². The van der Waals surface area contributed by atoms with Crippen molar-refractivity contribution in [2.45, 2.75) is 38.1 Å². The van der Waals surface area contributed by atoms with Crippen molar-refractivity contribution >= 4 is 0 Å². The second-order valence-electron chi connectivity index (χ2n) is 3.84. The molecule has 0 aromatic rings. The molecule has 0 spiro atoms. The zero-order valence-electron chi connectivity index (χ0n) is 8.41. The maximum absolute atomic E-state index is 8.74. The lowest BCUT2D eigenvalue weighted by molar-refractivity contribution is 0.205. The van der Waals surface area contributed by atoms with Crippen molar-refractivity contribution in [2.24, 2.45) is 5.73 Å². The Morgan fingerprint density at radius 2 is 2.23 bits per heavy atom. The molecule has 1 aliphatic rings. The predicted octanol–water partition coefficient (Wildman–Crippen LogP) is 0.572. The normalized spacial score (nSPS) is 24.0. The Morgan fingerprint density at radius 1 is 1.38 bits per heavy atom. The average Bonchev–Trinajstić information content (AvgIpc) is 2.59. The highest BCUT2D eigenvalue weighted by molar-refractivity contribution is 4.78. The number of aliphatic hydroxyl groups is 1. The third kappa shape index (κ3) is 3.63. The average molecular weight is 186 g/mol. The number of hydrogen-bond donors (Lipinski definition) is 2. The molecule has 0 aliphatic carbocycles. The first-order valence-corrected chi connectivity index (χ1v) is 5.43. The van der Waals surface area contributed by atoms with Crippen LogP contribution in [0.5, 0.6) is 0 Å². The van der Waals surface area contributed by atoms with Gasteiger partial charge in [-0.3, -0.25) is 0 Å². The summed E-state index contributed by atoms with van der Waals surface area (Å²) >= 11 is 0. The molecule has 1 aliphatic heterocycles. The summed E-state index contributed by atoms with van der Waals surface area (Å²) in [5, 5.41) is 8.74. The SMILES string of the molecule is NCCCC1CCCN1CCCO. The number of rotatable bonds is 6. The van der Waals surface area contributed by atoms with Crippen LogP contribution in [0, 0.1) is 0 Å². The largest absolute Gasteiger partial charge is 0.396 e. The summed E-state index contributed by atoms with van der Waals surface area (Å²) in [7, 11) is 0. The quantitative estimate of drug-likeness (QED) is 0.637. The molecule has 0 radical (unpaired) electrons. The van der Waals surface area contributed by atoms with Gasteiger partial charge in [-0.25, -0.2) is 0 Å². The first-order valence-electron chi connectivity index (χ1n) is 5.43. The molecule has 1 rings (SSSR count). The van der Waals surface area contributed by atoms with Gasteiger partial charge in [-0.1, -0.05) is 0 Å². The van der Waals surface area contributed by atoms with Crippen LogP contribution in [0.15, 0.2) is 0 Å².